The van der Waals surface area contributed by atoms with E-state index in [4.69, 9.17) is 19.4 Å². The summed E-state index contributed by atoms with van der Waals surface area (Å²) in [6, 6.07) is 14.1. The second kappa shape index (κ2) is 10.5. The van der Waals surface area contributed by atoms with Gasteiger partial charge in [-0.1, -0.05) is 37.3 Å². The van der Waals surface area contributed by atoms with Crippen molar-refractivity contribution < 1.29 is 9.47 Å². The molecule has 1 aromatic heterocycles. The fourth-order valence-corrected chi connectivity index (χ4v) is 7.12. The zero-order chi connectivity index (χ0) is 28.2. The summed E-state index contributed by atoms with van der Waals surface area (Å²) in [5, 5.41) is 0. The maximum absolute atomic E-state index is 5.82. The van der Waals surface area contributed by atoms with E-state index in [1.165, 1.54) is 44.8 Å². The van der Waals surface area contributed by atoms with E-state index in [1.54, 1.807) is 0 Å². The molecule has 212 valence electrons. The van der Waals surface area contributed by atoms with Crippen molar-refractivity contribution in [3.05, 3.63) is 69.9 Å². The predicted octanol–water partition coefficient (Wildman–Crippen LogP) is 6.31. The van der Waals surface area contributed by atoms with Gasteiger partial charge in [-0.2, -0.15) is 0 Å². The first-order valence-corrected chi connectivity index (χ1v) is 14.9. The Hall–Kier alpha value is -2.96. The predicted molar refractivity (Wildman–Crippen MR) is 162 cm³/mol. The number of methoxy groups -OCH3 is 1. The summed E-state index contributed by atoms with van der Waals surface area (Å²) in [6.45, 7) is 16.9. The Morgan fingerprint density at radius 2 is 1.65 bits per heavy atom. The van der Waals surface area contributed by atoms with Gasteiger partial charge in [0.05, 0.1) is 25.0 Å². The number of hydrogen-bond acceptors (Lipinski definition) is 6. The number of benzene rings is 2. The number of aryl methyl sites for hydroxylation is 3. The third kappa shape index (κ3) is 4.69. The summed E-state index contributed by atoms with van der Waals surface area (Å²) in [5.41, 5.74) is 10.2. The monoisotopic (exact) mass is 540 g/mol. The van der Waals surface area contributed by atoms with Crippen LogP contribution in [0.4, 0.5) is 11.5 Å². The van der Waals surface area contributed by atoms with E-state index in [0.717, 1.165) is 57.2 Å². The number of fused-ring (bicyclic) bond motifs is 1. The third-order valence-electron chi connectivity index (χ3n) is 9.57. The van der Waals surface area contributed by atoms with Crippen LogP contribution >= 0.6 is 0 Å². The van der Waals surface area contributed by atoms with Crippen LogP contribution in [0.1, 0.15) is 67.1 Å². The van der Waals surface area contributed by atoms with Gasteiger partial charge < -0.3 is 19.3 Å². The lowest BCUT2D eigenvalue weighted by atomic mass is 9.80. The maximum atomic E-state index is 5.82. The molecule has 0 saturated carbocycles. The summed E-state index contributed by atoms with van der Waals surface area (Å²) in [6.07, 6.45) is 3.20. The minimum absolute atomic E-state index is 0.112. The van der Waals surface area contributed by atoms with Crippen LogP contribution in [0.15, 0.2) is 36.4 Å². The maximum Gasteiger partial charge on any atom is 0.162 e. The molecule has 6 nitrogen and oxygen atoms in total. The van der Waals surface area contributed by atoms with Gasteiger partial charge in [-0.05, 0) is 75.8 Å². The van der Waals surface area contributed by atoms with Crippen LogP contribution in [-0.2, 0) is 27.9 Å². The molecule has 4 heterocycles. The van der Waals surface area contributed by atoms with E-state index in [1.807, 2.05) is 7.11 Å². The molecular weight excluding hydrogens is 496 g/mol. The Bertz CT molecular complexity index is 1380. The van der Waals surface area contributed by atoms with E-state index in [2.05, 4.69) is 87.7 Å². The molecule has 0 unspecified atom stereocenters. The zero-order valence-electron chi connectivity index (χ0n) is 25.3. The fraction of sp³-hybridized carbons (Fsp3) is 0.529. The van der Waals surface area contributed by atoms with Crippen LogP contribution in [0.3, 0.4) is 0 Å². The number of piperidine rings is 1. The number of hydrogen-bond donors (Lipinski definition) is 0. The van der Waals surface area contributed by atoms with Crippen molar-refractivity contribution in [2.75, 3.05) is 36.7 Å². The largest absolute Gasteiger partial charge is 0.381 e. The Labute approximate surface area is 239 Å². The smallest absolute Gasteiger partial charge is 0.162 e. The van der Waals surface area contributed by atoms with Gasteiger partial charge in [-0.25, -0.2) is 9.97 Å². The Kier molecular flexibility index (Phi) is 7.12. The van der Waals surface area contributed by atoms with Gasteiger partial charge >= 0.3 is 0 Å². The second-order valence-corrected chi connectivity index (χ2v) is 12.7. The minimum atomic E-state index is 0.112. The molecule has 2 aromatic carbocycles. The number of ether oxygens (including phenoxy) is 2. The lowest BCUT2D eigenvalue weighted by Crippen LogP contribution is -2.50. The van der Waals surface area contributed by atoms with Crippen LogP contribution < -0.4 is 9.80 Å². The number of rotatable bonds is 5. The van der Waals surface area contributed by atoms with Crippen LogP contribution in [0.25, 0.3) is 11.4 Å². The van der Waals surface area contributed by atoms with E-state index in [9.17, 15) is 0 Å². The van der Waals surface area contributed by atoms with Crippen molar-refractivity contribution in [3.63, 3.8) is 0 Å². The molecule has 0 radical (unpaired) electrons. The Morgan fingerprint density at radius 1 is 0.950 bits per heavy atom. The second-order valence-electron chi connectivity index (χ2n) is 12.7. The van der Waals surface area contributed by atoms with Crippen LogP contribution in [0.2, 0.25) is 0 Å². The average Bonchev–Trinajstić information content (AvgIpc) is 2.91. The number of aromatic nitrogens is 2. The molecule has 2 fully saturated rings. The molecule has 6 heteroatoms. The van der Waals surface area contributed by atoms with Gasteiger partial charge in [0.1, 0.15) is 5.82 Å². The molecule has 3 aliphatic heterocycles. The Balaban J connectivity index is 1.45. The summed E-state index contributed by atoms with van der Waals surface area (Å²) < 4.78 is 11.4. The highest BCUT2D eigenvalue weighted by Crippen LogP contribution is 2.40. The molecule has 6 rings (SSSR count). The van der Waals surface area contributed by atoms with Gasteiger partial charge in [0.25, 0.3) is 0 Å². The van der Waals surface area contributed by atoms with E-state index < -0.39 is 0 Å². The molecule has 0 amide bonds. The molecule has 0 aliphatic carbocycles. The molecule has 0 bridgehead atoms. The van der Waals surface area contributed by atoms with Gasteiger partial charge in [0, 0.05) is 60.9 Å². The SMILES string of the molecule is CO[C@H]1C[C@@H](C)N(c2nc(-c3c(C)cccc3C)nc3c2CN(c2cc(C4(C)COC4)ccc2C)CC3)[C@@H](C)C1. The molecule has 40 heavy (non-hydrogen) atoms. The van der Waals surface area contributed by atoms with Crippen molar-refractivity contribution in [1.29, 1.82) is 0 Å². The van der Waals surface area contributed by atoms with Crippen molar-refractivity contribution >= 4 is 11.5 Å². The van der Waals surface area contributed by atoms with Crippen molar-refractivity contribution in [2.45, 2.75) is 91.0 Å². The summed E-state index contributed by atoms with van der Waals surface area (Å²) in [5.74, 6) is 1.97. The normalized spacial score (nSPS) is 24.0. The van der Waals surface area contributed by atoms with Crippen molar-refractivity contribution in [2.24, 2.45) is 0 Å². The first kappa shape index (κ1) is 27.2. The lowest BCUT2D eigenvalue weighted by molar-refractivity contribution is -0.0499. The van der Waals surface area contributed by atoms with Gasteiger partial charge in [-0.15, -0.1) is 0 Å². The van der Waals surface area contributed by atoms with Gasteiger partial charge in [0.15, 0.2) is 5.82 Å². The van der Waals surface area contributed by atoms with Crippen LogP contribution in [0, 0.1) is 20.8 Å². The molecule has 3 aliphatic rings. The lowest BCUT2D eigenvalue weighted by Gasteiger charge is -2.45. The molecule has 2 saturated heterocycles. The minimum Gasteiger partial charge on any atom is -0.381 e. The van der Waals surface area contributed by atoms with Crippen molar-refractivity contribution in [3.8, 4) is 11.4 Å². The third-order valence-corrected chi connectivity index (χ3v) is 9.57. The fourth-order valence-electron chi connectivity index (χ4n) is 7.12. The topological polar surface area (TPSA) is 50.7 Å². The summed E-state index contributed by atoms with van der Waals surface area (Å²) in [7, 11) is 1.84. The number of nitrogens with zero attached hydrogens (tertiary/aromatic N) is 4. The van der Waals surface area contributed by atoms with Crippen LogP contribution in [-0.4, -0.2) is 55.0 Å². The molecular formula is C34H44N4O2. The molecule has 3 aromatic rings. The zero-order valence-corrected chi connectivity index (χ0v) is 25.3. The highest BCUT2D eigenvalue weighted by atomic mass is 16.5. The van der Waals surface area contributed by atoms with Crippen LogP contribution in [0.5, 0.6) is 0 Å². The molecule has 0 spiro atoms. The van der Waals surface area contributed by atoms with Gasteiger partial charge in [0.2, 0.25) is 0 Å². The summed E-state index contributed by atoms with van der Waals surface area (Å²) >= 11 is 0. The highest BCUT2D eigenvalue weighted by molar-refractivity contribution is 5.69. The summed E-state index contributed by atoms with van der Waals surface area (Å²) in [4.78, 5) is 15.8. The van der Waals surface area contributed by atoms with E-state index >= 15 is 0 Å². The molecule has 3 atom stereocenters. The van der Waals surface area contributed by atoms with Crippen molar-refractivity contribution in [1.82, 2.24) is 9.97 Å². The first-order valence-electron chi connectivity index (χ1n) is 14.9. The van der Waals surface area contributed by atoms with E-state index in [-0.39, 0.29) is 11.5 Å². The quantitative estimate of drug-likeness (QED) is 0.378. The van der Waals surface area contributed by atoms with Gasteiger partial charge in [-0.3, -0.25) is 0 Å². The average molecular weight is 541 g/mol. The Morgan fingerprint density at radius 3 is 2.27 bits per heavy atom. The standard InChI is InChI=1S/C34H44N4O2/c1-21-11-12-26(34(6)19-40-20-34)17-30(21)37-14-13-29-28(18-37)33(38-24(4)15-27(39-7)16-25(38)5)36-32(35-29)31-22(2)9-8-10-23(31)3/h8-12,17,24-25,27H,13-16,18-20H2,1-7H3/t24-,25+,27+. The molecule has 0 N–H and O–H groups in total. The number of anilines is 2. The van der Waals surface area contributed by atoms with E-state index in [0.29, 0.717) is 12.1 Å². The highest BCUT2D eigenvalue weighted by Gasteiger charge is 2.37. The first-order chi connectivity index (χ1) is 19.2.